The zero-order chi connectivity index (χ0) is 14.8. The summed E-state index contributed by atoms with van der Waals surface area (Å²) in [6, 6.07) is 18.8. The van der Waals surface area contributed by atoms with E-state index in [-0.39, 0.29) is 11.8 Å². The molecule has 0 heterocycles. The fourth-order valence-corrected chi connectivity index (χ4v) is 1.52. The Hall–Kier alpha value is -2.62. The van der Waals surface area contributed by atoms with E-state index in [1.54, 1.807) is 0 Å². The van der Waals surface area contributed by atoms with Gasteiger partial charge in [0.15, 0.2) is 0 Å². The SMILES string of the molecule is CC(=O)Nc1ccccc1.NC(=O)Cc1ccccc1. The van der Waals surface area contributed by atoms with E-state index in [0.29, 0.717) is 6.42 Å². The normalized spacial score (nSPS) is 9.05. The number of primary amides is 1. The van der Waals surface area contributed by atoms with Gasteiger partial charge in [-0.05, 0) is 17.7 Å². The number of benzene rings is 2. The minimum Gasteiger partial charge on any atom is -0.369 e. The van der Waals surface area contributed by atoms with Crippen LogP contribution in [-0.2, 0) is 16.0 Å². The molecule has 0 bridgehead atoms. The van der Waals surface area contributed by atoms with Crippen LogP contribution in [0.2, 0.25) is 0 Å². The van der Waals surface area contributed by atoms with Gasteiger partial charge in [0.05, 0.1) is 6.42 Å². The van der Waals surface area contributed by atoms with Gasteiger partial charge in [-0.15, -0.1) is 0 Å². The average Bonchev–Trinajstić information content (AvgIpc) is 2.40. The molecule has 2 rings (SSSR count). The van der Waals surface area contributed by atoms with Crippen molar-refractivity contribution in [1.29, 1.82) is 0 Å². The van der Waals surface area contributed by atoms with Gasteiger partial charge in [-0.25, -0.2) is 0 Å². The van der Waals surface area contributed by atoms with Crippen LogP contribution >= 0.6 is 0 Å². The van der Waals surface area contributed by atoms with Crippen molar-refractivity contribution in [2.24, 2.45) is 5.73 Å². The van der Waals surface area contributed by atoms with Gasteiger partial charge in [0.2, 0.25) is 11.8 Å². The molecular weight excluding hydrogens is 252 g/mol. The first-order valence-corrected chi connectivity index (χ1v) is 6.23. The van der Waals surface area contributed by atoms with E-state index in [1.807, 2.05) is 60.7 Å². The van der Waals surface area contributed by atoms with Crippen molar-refractivity contribution < 1.29 is 9.59 Å². The van der Waals surface area contributed by atoms with Crippen LogP contribution in [0.1, 0.15) is 12.5 Å². The molecule has 0 radical (unpaired) electrons. The number of para-hydroxylation sites is 1. The fraction of sp³-hybridized carbons (Fsp3) is 0.125. The van der Waals surface area contributed by atoms with Crippen LogP contribution in [0.3, 0.4) is 0 Å². The first-order chi connectivity index (χ1) is 9.58. The summed E-state index contributed by atoms with van der Waals surface area (Å²) in [5, 5.41) is 2.67. The minimum absolute atomic E-state index is 0.0359. The maximum Gasteiger partial charge on any atom is 0.221 e. The molecule has 0 aromatic heterocycles. The van der Waals surface area contributed by atoms with Crippen LogP contribution in [0.5, 0.6) is 0 Å². The van der Waals surface area contributed by atoms with Crippen LogP contribution in [0.25, 0.3) is 0 Å². The Morgan fingerprint density at radius 1 is 0.950 bits per heavy atom. The Morgan fingerprint density at radius 2 is 1.45 bits per heavy atom. The Labute approximate surface area is 118 Å². The molecule has 0 aliphatic rings. The summed E-state index contributed by atoms with van der Waals surface area (Å²) in [6.45, 7) is 1.49. The molecule has 0 saturated carbocycles. The molecule has 2 aromatic rings. The molecule has 4 heteroatoms. The lowest BCUT2D eigenvalue weighted by atomic mass is 10.1. The predicted octanol–water partition coefficient (Wildman–Crippen LogP) is 2.36. The second-order valence-electron chi connectivity index (χ2n) is 4.18. The minimum atomic E-state index is -0.286. The van der Waals surface area contributed by atoms with Crippen molar-refractivity contribution in [2.45, 2.75) is 13.3 Å². The third-order valence-corrected chi connectivity index (χ3v) is 2.32. The van der Waals surface area contributed by atoms with Gasteiger partial charge in [-0.2, -0.15) is 0 Å². The lowest BCUT2D eigenvalue weighted by Crippen LogP contribution is -2.13. The number of anilines is 1. The second-order valence-corrected chi connectivity index (χ2v) is 4.18. The molecule has 0 aliphatic heterocycles. The van der Waals surface area contributed by atoms with Gasteiger partial charge in [0, 0.05) is 12.6 Å². The quantitative estimate of drug-likeness (QED) is 0.898. The highest BCUT2D eigenvalue weighted by Gasteiger charge is 1.94. The van der Waals surface area contributed by atoms with Crippen molar-refractivity contribution in [3.8, 4) is 0 Å². The van der Waals surface area contributed by atoms with E-state index in [9.17, 15) is 9.59 Å². The Kier molecular flexibility index (Phi) is 6.54. The lowest BCUT2D eigenvalue weighted by Gasteiger charge is -1.98. The number of hydrogen-bond donors (Lipinski definition) is 2. The molecule has 2 amide bonds. The highest BCUT2D eigenvalue weighted by Crippen LogP contribution is 2.03. The molecule has 0 atom stereocenters. The van der Waals surface area contributed by atoms with Crippen molar-refractivity contribution >= 4 is 17.5 Å². The maximum atomic E-state index is 10.5. The molecule has 4 nitrogen and oxygen atoms in total. The number of hydrogen-bond acceptors (Lipinski definition) is 2. The predicted molar refractivity (Wildman–Crippen MR) is 80.1 cm³/mol. The number of nitrogens with one attached hydrogen (secondary N) is 1. The van der Waals surface area contributed by atoms with Gasteiger partial charge in [-0.3, -0.25) is 9.59 Å². The van der Waals surface area contributed by atoms with Crippen molar-refractivity contribution in [1.82, 2.24) is 0 Å². The van der Waals surface area contributed by atoms with Crippen LogP contribution in [0.4, 0.5) is 5.69 Å². The third-order valence-electron chi connectivity index (χ3n) is 2.32. The Morgan fingerprint density at radius 3 is 1.90 bits per heavy atom. The summed E-state index contributed by atoms with van der Waals surface area (Å²) >= 11 is 0. The molecular formula is C16H18N2O2. The molecule has 104 valence electrons. The zero-order valence-corrected chi connectivity index (χ0v) is 11.4. The van der Waals surface area contributed by atoms with E-state index < -0.39 is 0 Å². The van der Waals surface area contributed by atoms with Gasteiger partial charge in [0.1, 0.15) is 0 Å². The highest BCUT2D eigenvalue weighted by molar-refractivity contribution is 5.88. The van der Waals surface area contributed by atoms with E-state index in [2.05, 4.69) is 5.32 Å². The van der Waals surface area contributed by atoms with Gasteiger partial charge >= 0.3 is 0 Å². The summed E-state index contributed by atoms with van der Waals surface area (Å²) in [7, 11) is 0. The zero-order valence-electron chi connectivity index (χ0n) is 11.4. The van der Waals surface area contributed by atoms with Crippen LogP contribution in [0, 0.1) is 0 Å². The summed E-state index contributed by atoms with van der Waals surface area (Å²) in [6.07, 6.45) is 0.334. The fourth-order valence-electron chi connectivity index (χ4n) is 1.52. The monoisotopic (exact) mass is 270 g/mol. The molecule has 20 heavy (non-hydrogen) atoms. The summed E-state index contributed by atoms with van der Waals surface area (Å²) < 4.78 is 0. The molecule has 3 N–H and O–H groups in total. The first-order valence-electron chi connectivity index (χ1n) is 6.23. The number of carbonyl (C=O) groups is 2. The van der Waals surface area contributed by atoms with Gasteiger partial charge in [0.25, 0.3) is 0 Å². The average molecular weight is 270 g/mol. The highest BCUT2D eigenvalue weighted by atomic mass is 16.1. The lowest BCUT2D eigenvalue weighted by molar-refractivity contribution is -0.117. The van der Waals surface area contributed by atoms with Crippen molar-refractivity contribution in [3.05, 3.63) is 66.2 Å². The van der Waals surface area contributed by atoms with Gasteiger partial charge in [-0.1, -0.05) is 48.5 Å². The smallest absolute Gasteiger partial charge is 0.221 e. The Bertz CT molecular complexity index is 487. The third kappa shape index (κ3) is 6.96. The van der Waals surface area contributed by atoms with E-state index in [1.165, 1.54) is 6.92 Å². The number of rotatable bonds is 3. The Balaban J connectivity index is 0.000000200. The van der Waals surface area contributed by atoms with Crippen LogP contribution < -0.4 is 11.1 Å². The van der Waals surface area contributed by atoms with Gasteiger partial charge < -0.3 is 11.1 Å². The van der Waals surface area contributed by atoms with Crippen molar-refractivity contribution in [2.75, 3.05) is 5.32 Å². The first kappa shape index (κ1) is 15.4. The standard InChI is InChI=1S/2C8H9NO/c1-7(10)9-8-5-3-2-4-6-8;9-8(10)6-7-4-2-1-3-5-7/h2-6H,1H3,(H,9,10);1-5H,6H2,(H2,9,10). The molecule has 0 spiro atoms. The van der Waals surface area contributed by atoms with E-state index >= 15 is 0 Å². The molecule has 0 fully saturated rings. The topological polar surface area (TPSA) is 72.2 Å². The summed E-state index contributed by atoms with van der Waals surface area (Å²) in [4.78, 5) is 20.9. The van der Waals surface area contributed by atoms with E-state index in [0.717, 1.165) is 11.3 Å². The van der Waals surface area contributed by atoms with Crippen molar-refractivity contribution in [3.63, 3.8) is 0 Å². The summed E-state index contributed by atoms with van der Waals surface area (Å²) in [5.41, 5.74) is 6.80. The molecule has 2 aromatic carbocycles. The van der Waals surface area contributed by atoms with Crippen LogP contribution in [-0.4, -0.2) is 11.8 Å². The van der Waals surface area contributed by atoms with Crippen LogP contribution in [0.15, 0.2) is 60.7 Å². The number of nitrogens with two attached hydrogens (primary N) is 1. The number of carbonyl (C=O) groups excluding carboxylic acids is 2. The largest absolute Gasteiger partial charge is 0.369 e. The van der Waals surface area contributed by atoms with E-state index in [4.69, 9.17) is 5.73 Å². The molecule has 0 aliphatic carbocycles. The molecule has 0 unspecified atom stereocenters. The molecule has 0 saturated heterocycles. The number of amides is 2. The second kappa shape index (κ2) is 8.48. The maximum absolute atomic E-state index is 10.5. The summed E-state index contributed by atoms with van der Waals surface area (Å²) in [5.74, 6) is -0.322.